The van der Waals surface area contributed by atoms with Crippen molar-refractivity contribution in [3.05, 3.63) is 52.9 Å². The van der Waals surface area contributed by atoms with Crippen LogP contribution in [0.2, 0.25) is 0 Å². The molecule has 0 aliphatic heterocycles. The van der Waals surface area contributed by atoms with Crippen LogP contribution in [0.25, 0.3) is 0 Å². The second-order valence-electron chi connectivity index (χ2n) is 4.12. The van der Waals surface area contributed by atoms with Crippen molar-refractivity contribution < 1.29 is 4.79 Å². The Morgan fingerprint density at radius 3 is 2.74 bits per heavy atom. The van der Waals surface area contributed by atoms with Crippen molar-refractivity contribution in [2.24, 2.45) is 0 Å². The molecule has 0 spiro atoms. The number of carbonyl (C=O) groups is 1. The van der Waals surface area contributed by atoms with Gasteiger partial charge in [-0.15, -0.1) is 0 Å². The minimum absolute atomic E-state index is 0.0142. The van der Waals surface area contributed by atoms with Gasteiger partial charge in [-0.25, -0.2) is 4.98 Å². The quantitative estimate of drug-likeness (QED) is 0.920. The fraction of sp³-hybridized carbons (Fsp3) is 0.214. The normalized spacial score (nSPS) is 10.2. The van der Waals surface area contributed by atoms with E-state index < -0.39 is 0 Å². The van der Waals surface area contributed by atoms with Gasteiger partial charge >= 0.3 is 0 Å². The van der Waals surface area contributed by atoms with Gasteiger partial charge in [0.1, 0.15) is 5.82 Å². The number of carbonyl (C=O) groups excluding carboxylic acids is 1. The van der Waals surface area contributed by atoms with E-state index in [9.17, 15) is 4.79 Å². The summed E-state index contributed by atoms with van der Waals surface area (Å²) in [5.74, 6) is 0.558. The number of rotatable bonds is 5. The van der Waals surface area contributed by atoms with Gasteiger partial charge in [-0.1, -0.05) is 15.9 Å². The lowest BCUT2D eigenvalue weighted by Crippen LogP contribution is -2.12. The monoisotopic (exact) mass is 319 g/mol. The van der Waals surface area contributed by atoms with Crippen LogP contribution in [0.3, 0.4) is 0 Å². The van der Waals surface area contributed by atoms with E-state index in [0.717, 1.165) is 17.3 Å². The zero-order valence-corrected chi connectivity index (χ0v) is 11.9. The number of anilines is 1. The molecule has 0 unspecified atom stereocenters. The van der Waals surface area contributed by atoms with Crippen molar-refractivity contribution >= 4 is 27.7 Å². The van der Waals surface area contributed by atoms with E-state index in [1.54, 1.807) is 24.7 Å². The highest BCUT2D eigenvalue weighted by Crippen LogP contribution is 2.13. The van der Waals surface area contributed by atoms with Crippen LogP contribution in [-0.2, 0) is 11.2 Å². The average molecular weight is 320 g/mol. The van der Waals surface area contributed by atoms with Gasteiger partial charge in [0.2, 0.25) is 5.91 Å². The number of aryl methyl sites for hydroxylation is 1. The van der Waals surface area contributed by atoms with Crippen LogP contribution < -0.4 is 5.32 Å². The Labute approximate surface area is 120 Å². The molecule has 2 aromatic rings. The first-order chi connectivity index (χ1) is 9.24. The van der Waals surface area contributed by atoms with Gasteiger partial charge in [0.15, 0.2) is 0 Å². The number of halogens is 1. The Kier molecular flexibility index (Phi) is 5.03. The molecule has 0 radical (unpaired) electrons. The van der Waals surface area contributed by atoms with Crippen molar-refractivity contribution in [3.8, 4) is 0 Å². The molecule has 2 rings (SSSR count). The molecule has 2 aromatic heterocycles. The van der Waals surface area contributed by atoms with Crippen LogP contribution in [0.15, 0.2) is 47.3 Å². The highest BCUT2D eigenvalue weighted by molar-refractivity contribution is 9.10. The van der Waals surface area contributed by atoms with Crippen molar-refractivity contribution in [2.45, 2.75) is 19.3 Å². The van der Waals surface area contributed by atoms with Crippen LogP contribution in [0.4, 0.5) is 5.82 Å². The molecule has 0 bridgehead atoms. The maximum atomic E-state index is 11.7. The molecule has 1 N–H and O–H groups in total. The smallest absolute Gasteiger partial charge is 0.225 e. The number of nitrogens with one attached hydrogen (secondary N) is 1. The lowest BCUT2D eigenvalue weighted by Gasteiger charge is -2.04. The molecule has 98 valence electrons. The third-order valence-electron chi connectivity index (χ3n) is 2.61. The summed E-state index contributed by atoms with van der Waals surface area (Å²) in [7, 11) is 0. The summed E-state index contributed by atoms with van der Waals surface area (Å²) >= 11 is 3.34. The molecule has 1 amide bonds. The third-order valence-corrected chi connectivity index (χ3v) is 3.10. The standard InChI is InChI=1S/C14H14BrN3O/c15-12-6-9-17-13(10-12)18-14(19)3-1-2-11-4-7-16-8-5-11/h4-10H,1-3H2,(H,17,18,19). The van der Waals surface area contributed by atoms with Crippen molar-refractivity contribution in [1.29, 1.82) is 0 Å². The summed E-state index contributed by atoms with van der Waals surface area (Å²) in [6, 6.07) is 7.53. The number of hydrogen-bond acceptors (Lipinski definition) is 3. The molecule has 0 aromatic carbocycles. The molecule has 19 heavy (non-hydrogen) atoms. The molecule has 2 heterocycles. The third kappa shape index (κ3) is 4.79. The maximum absolute atomic E-state index is 11.7. The zero-order valence-electron chi connectivity index (χ0n) is 10.3. The summed E-state index contributed by atoms with van der Waals surface area (Å²) < 4.78 is 0.898. The molecule has 0 fully saturated rings. The van der Waals surface area contributed by atoms with Gasteiger partial charge in [-0.3, -0.25) is 9.78 Å². The van der Waals surface area contributed by atoms with E-state index in [-0.39, 0.29) is 5.91 Å². The first-order valence-electron chi connectivity index (χ1n) is 6.04. The lowest BCUT2D eigenvalue weighted by molar-refractivity contribution is -0.116. The van der Waals surface area contributed by atoms with E-state index in [2.05, 4.69) is 31.2 Å². The van der Waals surface area contributed by atoms with Crippen LogP contribution in [0, 0.1) is 0 Å². The first-order valence-corrected chi connectivity index (χ1v) is 6.83. The predicted molar refractivity (Wildman–Crippen MR) is 77.7 cm³/mol. The van der Waals surface area contributed by atoms with Gasteiger partial charge in [-0.2, -0.15) is 0 Å². The SMILES string of the molecule is O=C(CCCc1ccncc1)Nc1cc(Br)ccn1. The van der Waals surface area contributed by atoms with E-state index in [4.69, 9.17) is 0 Å². The average Bonchev–Trinajstić information content (AvgIpc) is 2.40. The van der Waals surface area contributed by atoms with Gasteiger partial charge in [0, 0.05) is 29.5 Å². The van der Waals surface area contributed by atoms with Crippen molar-refractivity contribution in [2.75, 3.05) is 5.32 Å². The summed E-state index contributed by atoms with van der Waals surface area (Å²) in [4.78, 5) is 19.8. The lowest BCUT2D eigenvalue weighted by atomic mass is 10.1. The van der Waals surface area contributed by atoms with E-state index >= 15 is 0 Å². The van der Waals surface area contributed by atoms with Gasteiger partial charge in [0.05, 0.1) is 0 Å². The summed E-state index contributed by atoms with van der Waals surface area (Å²) in [5, 5.41) is 2.78. The molecule has 4 nitrogen and oxygen atoms in total. The second-order valence-corrected chi connectivity index (χ2v) is 5.03. The summed E-state index contributed by atoms with van der Waals surface area (Å²) in [5.41, 5.74) is 1.20. The minimum atomic E-state index is -0.0142. The number of aromatic nitrogens is 2. The van der Waals surface area contributed by atoms with Gasteiger partial charge in [0.25, 0.3) is 0 Å². The van der Waals surface area contributed by atoms with Crippen molar-refractivity contribution in [1.82, 2.24) is 9.97 Å². The van der Waals surface area contributed by atoms with E-state index in [1.165, 1.54) is 5.56 Å². The molecule has 0 aliphatic carbocycles. The molecule has 0 saturated carbocycles. The van der Waals surface area contributed by atoms with Crippen LogP contribution >= 0.6 is 15.9 Å². The Morgan fingerprint density at radius 2 is 2.00 bits per heavy atom. The second kappa shape index (κ2) is 6.99. The number of pyridine rings is 2. The van der Waals surface area contributed by atoms with Gasteiger partial charge in [-0.05, 0) is 42.7 Å². The highest BCUT2D eigenvalue weighted by Gasteiger charge is 2.03. The van der Waals surface area contributed by atoms with E-state index in [0.29, 0.717) is 12.2 Å². The van der Waals surface area contributed by atoms with Crippen LogP contribution in [0.1, 0.15) is 18.4 Å². The number of amides is 1. The first kappa shape index (κ1) is 13.7. The fourth-order valence-corrected chi connectivity index (χ4v) is 2.02. The Hall–Kier alpha value is -1.75. The summed E-state index contributed by atoms with van der Waals surface area (Å²) in [6.07, 6.45) is 7.35. The maximum Gasteiger partial charge on any atom is 0.225 e. The zero-order chi connectivity index (χ0) is 13.5. The number of hydrogen-bond donors (Lipinski definition) is 1. The van der Waals surface area contributed by atoms with E-state index in [1.807, 2.05) is 18.2 Å². The molecule has 0 saturated heterocycles. The molecule has 0 atom stereocenters. The van der Waals surface area contributed by atoms with Crippen molar-refractivity contribution in [3.63, 3.8) is 0 Å². The predicted octanol–water partition coefficient (Wildman–Crippen LogP) is 3.20. The largest absolute Gasteiger partial charge is 0.311 e. The molecular weight excluding hydrogens is 306 g/mol. The highest BCUT2D eigenvalue weighted by atomic mass is 79.9. The Bertz CT molecular complexity index is 545. The molecular formula is C14H14BrN3O. The topological polar surface area (TPSA) is 54.9 Å². The minimum Gasteiger partial charge on any atom is -0.311 e. The molecule has 0 aliphatic rings. The number of nitrogens with zero attached hydrogens (tertiary/aromatic N) is 2. The fourth-order valence-electron chi connectivity index (χ4n) is 1.68. The Balaban J connectivity index is 1.76. The Morgan fingerprint density at radius 1 is 1.21 bits per heavy atom. The molecule has 5 heteroatoms. The van der Waals surface area contributed by atoms with Crippen LogP contribution in [-0.4, -0.2) is 15.9 Å². The summed E-state index contributed by atoms with van der Waals surface area (Å²) in [6.45, 7) is 0. The van der Waals surface area contributed by atoms with Crippen LogP contribution in [0.5, 0.6) is 0 Å². The van der Waals surface area contributed by atoms with Gasteiger partial charge < -0.3 is 5.32 Å².